The number of amides is 1. The molecule has 0 fully saturated rings. The summed E-state index contributed by atoms with van der Waals surface area (Å²) in [5.74, 6) is 1.40. The highest BCUT2D eigenvalue weighted by Crippen LogP contribution is 2.18. The number of para-hydroxylation sites is 1. The molecule has 1 heterocycles. The molecule has 6 heteroatoms. The first kappa shape index (κ1) is 20.6. The minimum atomic E-state index is -0.145. The average Bonchev–Trinajstić information content (AvgIpc) is 2.68. The summed E-state index contributed by atoms with van der Waals surface area (Å²) >= 11 is 0. The Labute approximate surface area is 170 Å². The van der Waals surface area contributed by atoms with Crippen molar-refractivity contribution in [2.24, 2.45) is 0 Å². The smallest absolute Gasteiger partial charge is 0.258 e. The van der Waals surface area contributed by atoms with Gasteiger partial charge in [-0.2, -0.15) is 0 Å². The van der Waals surface area contributed by atoms with Crippen LogP contribution in [0, 0.1) is 0 Å². The van der Waals surface area contributed by atoms with Crippen molar-refractivity contribution in [2.75, 3.05) is 0 Å². The molecule has 29 heavy (non-hydrogen) atoms. The van der Waals surface area contributed by atoms with Gasteiger partial charge in [-0.3, -0.25) is 9.59 Å². The summed E-state index contributed by atoms with van der Waals surface area (Å²) in [4.78, 5) is 31.6. The molecule has 0 spiro atoms. The lowest BCUT2D eigenvalue weighted by atomic mass is 10.1. The Hall–Kier alpha value is -3.15. The summed E-state index contributed by atoms with van der Waals surface area (Å²) in [5, 5.41) is 3.59. The normalized spacial score (nSPS) is 12.1. The van der Waals surface area contributed by atoms with Crippen LogP contribution in [0.4, 0.5) is 0 Å². The summed E-state index contributed by atoms with van der Waals surface area (Å²) in [6.07, 6.45) is 1.66. The Kier molecular flexibility index (Phi) is 6.65. The second kappa shape index (κ2) is 9.37. The SMILES string of the molecule is CC(C)Oc1ccc(C(C)NC(=O)CCCc2nc3ccccc3c(=O)[nH]2)cc1. The zero-order valence-corrected chi connectivity index (χ0v) is 17.1. The number of hydrogen-bond donors (Lipinski definition) is 2. The van der Waals surface area contributed by atoms with Gasteiger partial charge in [-0.15, -0.1) is 0 Å². The van der Waals surface area contributed by atoms with Crippen LogP contribution in [0.1, 0.15) is 51.0 Å². The quantitative estimate of drug-likeness (QED) is 0.608. The molecule has 0 saturated heterocycles. The molecular weight excluding hydrogens is 366 g/mol. The largest absolute Gasteiger partial charge is 0.491 e. The zero-order valence-electron chi connectivity index (χ0n) is 17.1. The second-order valence-corrected chi connectivity index (χ2v) is 7.41. The van der Waals surface area contributed by atoms with Crippen LogP contribution in [-0.2, 0) is 11.2 Å². The van der Waals surface area contributed by atoms with Crippen molar-refractivity contribution in [3.63, 3.8) is 0 Å². The van der Waals surface area contributed by atoms with E-state index in [1.165, 1.54) is 0 Å². The van der Waals surface area contributed by atoms with Crippen molar-refractivity contribution in [2.45, 2.75) is 52.2 Å². The summed E-state index contributed by atoms with van der Waals surface area (Å²) in [6.45, 7) is 5.93. The van der Waals surface area contributed by atoms with E-state index in [0.717, 1.165) is 11.3 Å². The number of H-pyrrole nitrogens is 1. The predicted octanol–water partition coefficient (Wildman–Crippen LogP) is 3.91. The Morgan fingerprint density at radius 1 is 1.10 bits per heavy atom. The maximum Gasteiger partial charge on any atom is 0.258 e. The number of nitrogens with zero attached hydrogens (tertiary/aromatic N) is 1. The lowest BCUT2D eigenvalue weighted by Gasteiger charge is -2.16. The molecule has 1 amide bonds. The number of carbonyl (C=O) groups excluding carboxylic acids is 1. The number of fused-ring (bicyclic) bond motifs is 1. The van der Waals surface area contributed by atoms with Gasteiger partial charge < -0.3 is 15.0 Å². The first-order chi connectivity index (χ1) is 13.9. The number of aromatic nitrogens is 2. The lowest BCUT2D eigenvalue weighted by Crippen LogP contribution is -2.26. The third-order valence-electron chi connectivity index (χ3n) is 4.61. The van der Waals surface area contributed by atoms with E-state index in [4.69, 9.17) is 4.74 Å². The number of aryl methyl sites for hydroxylation is 1. The Morgan fingerprint density at radius 2 is 1.83 bits per heavy atom. The van der Waals surface area contributed by atoms with Gasteiger partial charge in [0, 0.05) is 12.8 Å². The molecule has 6 nitrogen and oxygen atoms in total. The van der Waals surface area contributed by atoms with Crippen LogP contribution >= 0.6 is 0 Å². The van der Waals surface area contributed by atoms with E-state index in [1.54, 1.807) is 6.07 Å². The van der Waals surface area contributed by atoms with E-state index < -0.39 is 0 Å². The summed E-state index contributed by atoms with van der Waals surface area (Å²) < 4.78 is 5.64. The molecule has 1 unspecified atom stereocenters. The summed E-state index contributed by atoms with van der Waals surface area (Å²) in [7, 11) is 0. The maximum absolute atomic E-state index is 12.3. The van der Waals surface area contributed by atoms with E-state index in [2.05, 4.69) is 15.3 Å². The van der Waals surface area contributed by atoms with Crippen LogP contribution in [0.3, 0.4) is 0 Å². The number of ether oxygens (including phenoxy) is 1. The van der Waals surface area contributed by atoms with Gasteiger partial charge in [-0.1, -0.05) is 24.3 Å². The van der Waals surface area contributed by atoms with E-state index >= 15 is 0 Å². The van der Waals surface area contributed by atoms with Gasteiger partial charge in [-0.25, -0.2) is 4.98 Å². The average molecular weight is 393 g/mol. The number of nitrogens with one attached hydrogen (secondary N) is 2. The Balaban J connectivity index is 1.50. The van der Waals surface area contributed by atoms with Crippen LogP contribution in [0.5, 0.6) is 5.75 Å². The highest BCUT2D eigenvalue weighted by molar-refractivity contribution is 5.77. The van der Waals surface area contributed by atoms with Crippen molar-refractivity contribution in [3.05, 3.63) is 70.3 Å². The van der Waals surface area contributed by atoms with E-state index in [1.807, 2.05) is 63.2 Å². The van der Waals surface area contributed by atoms with Gasteiger partial charge >= 0.3 is 0 Å². The fourth-order valence-electron chi connectivity index (χ4n) is 3.17. The lowest BCUT2D eigenvalue weighted by molar-refractivity contribution is -0.121. The number of carbonyl (C=O) groups is 1. The Bertz CT molecular complexity index is 1030. The van der Waals surface area contributed by atoms with Gasteiger partial charge in [0.2, 0.25) is 5.91 Å². The standard InChI is InChI=1S/C23H27N3O3/c1-15(2)29-18-13-11-17(12-14-18)16(3)24-22(27)10-6-9-21-25-20-8-5-4-7-19(20)23(28)26-21/h4-5,7-8,11-16H,6,9-10H2,1-3H3,(H,24,27)(H,25,26,28). The van der Waals surface area contributed by atoms with Crippen molar-refractivity contribution in [1.29, 1.82) is 0 Å². The van der Waals surface area contributed by atoms with Crippen LogP contribution < -0.4 is 15.6 Å². The monoisotopic (exact) mass is 393 g/mol. The predicted molar refractivity (Wildman–Crippen MR) is 114 cm³/mol. The van der Waals surface area contributed by atoms with E-state index in [-0.39, 0.29) is 23.6 Å². The molecule has 0 aliphatic carbocycles. The first-order valence-corrected chi connectivity index (χ1v) is 9.96. The van der Waals surface area contributed by atoms with Crippen molar-refractivity contribution < 1.29 is 9.53 Å². The van der Waals surface area contributed by atoms with Gasteiger partial charge in [0.25, 0.3) is 5.56 Å². The number of benzene rings is 2. The molecule has 2 aromatic carbocycles. The van der Waals surface area contributed by atoms with Crippen molar-refractivity contribution in [1.82, 2.24) is 15.3 Å². The van der Waals surface area contributed by atoms with Gasteiger partial charge in [0.1, 0.15) is 11.6 Å². The van der Waals surface area contributed by atoms with Gasteiger partial charge in [0.15, 0.2) is 0 Å². The zero-order chi connectivity index (χ0) is 20.8. The molecule has 0 saturated carbocycles. The number of rotatable bonds is 8. The third kappa shape index (κ3) is 5.67. The molecule has 1 atom stereocenters. The van der Waals surface area contributed by atoms with Crippen LogP contribution in [-0.4, -0.2) is 22.0 Å². The van der Waals surface area contributed by atoms with Crippen LogP contribution in [0.25, 0.3) is 10.9 Å². The fraction of sp³-hybridized carbons (Fsp3) is 0.348. The molecule has 152 valence electrons. The van der Waals surface area contributed by atoms with Gasteiger partial charge in [-0.05, 0) is 57.0 Å². The number of hydrogen-bond acceptors (Lipinski definition) is 4. The van der Waals surface area contributed by atoms with Gasteiger partial charge in [0.05, 0.1) is 23.0 Å². The molecule has 0 bridgehead atoms. The summed E-state index contributed by atoms with van der Waals surface area (Å²) in [6, 6.07) is 14.9. The molecule has 0 aliphatic heterocycles. The van der Waals surface area contributed by atoms with Crippen molar-refractivity contribution in [3.8, 4) is 5.75 Å². The molecule has 1 aromatic heterocycles. The maximum atomic E-state index is 12.3. The first-order valence-electron chi connectivity index (χ1n) is 9.96. The molecule has 0 radical (unpaired) electrons. The molecule has 2 N–H and O–H groups in total. The van der Waals surface area contributed by atoms with Crippen LogP contribution in [0.2, 0.25) is 0 Å². The van der Waals surface area contributed by atoms with Crippen LogP contribution in [0.15, 0.2) is 53.3 Å². The number of aromatic amines is 1. The minimum Gasteiger partial charge on any atom is -0.491 e. The third-order valence-corrected chi connectivity index (χ3v) is 4.61. The van der Waals surface area contributed by atoms with Crippen molar-refractivity contribution >= 4 is 16.8 Å². The highest BCUT2D eigenvalue weighted by Gasteiger charge is 2.11. The Morgan fingerprint density at radius 3 is 2.55 bits per heavy atom. The molecule has 3 aromatic rings. The molecular formula is C23H27N3O3. The summed E-state index contributed by atoms with van der Waals surface area (Å²) in [5.41, 5.74) is 1.55. The minimum absolute atomic E-state index is 0.0249. The van der Waals surface area contributed by atoms with E-state index in [9.17, 15) is 9.59 Å². The second-order valence-electron chi connectivity index (χ2n) is 7.41. The highest BCUT2D eigenvalue weighted by atomic mass is 16.5. The topological polar surface area (TPSA) is 84.1 Å². The van der Waals surface area contributed by atoms with E-state index in [0.29, 0.717) is 36.0 Å². The molecule has 3 rings (SSSR count). The molecule has 0 aliphatic rings. The fourth-order valence-corrected chi connectivity index (χ4v) is 3.17.